The van der Waals surface area contributed by atoms with Gasteiger partial charge in [0.15, 0.2) is 0 Å². The number of amides is 1. The number of anilines is 1. The molecule has 0 saturated heterocycles. The van der Waals surface area contributed by atoms with E-state index >= 15 is 0 Å². The minimum absolute atomic E-state index is 0.0301. The fourth-order valence-electron chi connectivity index (χ4n) is 2.14. The first kappa shape index (κ1) is 20.7. The molecule has 0 bridgehead atoms. The molecule has 0 aliphatic heterocycles. The molecule has 0 unspecified atom stereocenters. The Bertz CT molecular complexity index is 749. The number of hydrogen-bond donors (Lipinski definition) is 2. The van der Waals surface area contributed by atoms with Crippen molar-refractivity contribution in [2.24, 2.45) is 0 Å². The highest BCUT2D eigenvalue weighted by atomic mass is 35.6. The molecule has 0 spiro atoms. The Morgan fingerprint density at radius 2 is 1.65 bits per heavy atom. The molecule has 2 aromatic carbocycles. The predicted molar refractivity (Wildman–Crippen MR) is 97.4 cm³/mol. The van der Waals surface area contributed by atoms with Gasteiger partial charge in [-0.1, -0.05) is 71.2 Å². The van der Waals surface area contributed by atoms with Crippen molar-refractivity contribution in [3.8, 4) is 0 Å². The molecule has 0 radical (unpaired) electrons. The topological polar surface area (TPSA) is 41.1 Å². The average Bonchev–Trinajstić information content (AvgIpc) is 2.54. The van der Waals surface area contributed by atoms with Crippen molar-refractivity contribution in [2.45, 2.75) is 22.6 Å². The molecule has 2 rings (SSSR count). The number of halogens is 6. The number of benzene rings is 2. The van der Waals surface area contributed by atoms with Gasteiger partial charge >= 0.3 is 6.18 Å². The molecule has 2 aromatic rings. The molecule has 1 atom stereocenters. The number of carbonyl (C=O) groups excluding carboxylic acids is 1. The summed E-state index contributed by atoms with van der Waals surface area (Å²) in [5.41, 5.74) is -0.0653. The maximum absolute atomic E-state index is 12.8. The highest BCUT2D eigenvalue weighted by Gasteiger charge is 2.35. The van der Waals surface area contributed by atoms with Gasteiger partial charge in [-0.3, -0.25) is 4.79 Å². The van der Waals surface area contributed by atoms with Gasteiger partial charge < -0.3 is 10.6 Å². The molecule has 0 fully saturated rings. The van der Waals surface area contributed by atoms with E-state index in [2.05, 4.69) is 10.6 Å². The van der Waals surface area contributed by atoms with Gasteiger partial charge in [0.25, 0.3) is 0 Å². The first-order valence-corrected chi connectivity index (χ1v) is 8.53. The summed E-state index contributed by atoms with van der Waals surface area (Å²) in [7, 11) is 0. The lowest BCUT2D eigenvalue weighted by Crippen LogP contribution is -2.49. The molecule has 26 heavy (non-hydrogen) atoms. The lowest BCUT2D eigenvalue weighted by molar-refractivity contribution is -0.137. The molecule has 0 heterocycles. The smallest absolute Gasteiger partial charge is 0.362 e. The van der Waals surface area contributed by atoms with Gasteiger partial charge in [0.2, 0.25) is 9.70 Å². The van der Waals surface area contributed by atoms with Crippen molar-refractivity contribution in [1.82, 2.24) is 5.32 Å². The summed E-state index contributed by atoms with van der Waals surface area (Å²) in [6, 6.07) is 13.2. The first-order valence-electron chi connectivity index (χ1n) is 7.39. The zero-order valence-corrected chi connectivity index (χ0v) is 15.4. The third kappa shape index (κ3) is 6.27. The van der Waals surface area contributed by atoms with E-state index < -0.39 is 27.6 Å². The monoisotopic (exact) mass is 424 g/mol. The van der Waals surface area contributed by atoms with E-state index in [1.165, 1.54) is 12.1 Å². The maximum Gasteiger partial charge on any atom is 0.416 e. The second-order valence-corrected chi connectivity index (χ2v) is 7.80. The lowest BCUT2D eigenvalue weighted by atomic mass is 10.1. The van der Waals surface area contributed by atoms with Crippen molar-refractivity contribution >= 4 is 46.4 Å². The van der Waals surface area contributed by atoms with E-state index in [9.17, 15) is 18.0 Å². The van der Waals surface area contributed by atoms with Crippen LogP contribution in [-0.4, -0.2) is 15.9 Å². The van der Waals surface area contributed by atoms with Gasteiger partial charge in [0.1, 0.15) is 6.17 Å². The number of rotatable bonds is 5. The quantitative estimate of drug-likeness (QED) is 0.512. The van der Waals surface area contributed by atoms with Crippen LogP contribution >= 0.6 is 34.8 Å². The Labute approximate surface area is 163 Å². The third-order valence-electron chi connectivity index (χ3n) is 3.34. The minimum Gasteiger partial charge on any atom is -0.362 e. The Kier molecular flexibility index (Phi) is 6.66. The predicted octanol–water partition coefficient (Wildman–Crippen LogP) is 5.17. The van der Waals surface area contributed by atoms with Gasteiger partial charge in [-0.05, 0) is 23.8 Å². The van der Waals surface area contributed by atoms with E-state index in [1.54, 1.807) is 30.3 Å². The summed E-state index contributed by atoms with van der Waals surface area (Å²) in [4.78, 5) is 12.2. The van der Waals surface area contributed by atoms with Crippen LogP contribution in [0.4, 0.5) is 18.9 Å². The van der Waals surface area contributed by atoms with Crippen molar-refractivity contribution in [1.29, 1.82) is 0 Å². The van der Waals surface area contributed by atoms with Crippen LogP contribution in [0.3, 0.4) is 0 Å². The summed E-state index contributed by atoms with van der Waals surface area (Å²) >= 11 is 17.6. The zero-order valence-electron chi connectivity index (χ0n) is 13.2. The molecular formula is C17H14Cl3F3N2O. The fourth-order valence-corrected chi connectivity index (χ4v) is 2.47. The zero-order chi connectivity index (χ0) is 19.4. The number of nitrogens with one attached hydrogen (secondary N) is 2. The molecule has 2 N–H and O–H groups in total. The molecule has 3 nitrogen and oxygen atoms in total. The van der Waals surface area contributed by atoms with Crippen LogP contribution in [0.1, 0.15) is 11.1 Å². The number of alkyl halides is 6. The maximum atomic E-state index is 12.8. The molecule has 0 aliphatic carbocycles. The Balaban J connectivity index is 2.12. The molecule has 140 valence electrons. The lowest BCUT2D eigenvalue weighted by Gasteiger charge is -2.27. The number of hydrogen-bond acceptors (Lipinski definition) is 2. The molecule has 0 aromatic heterocycles. The average molecular weight is 426 g/mol. The molecule has 1 amide bonds. The second-order valence-electron chi connectivity index (χ2n) is 5.43. The van der Waals surface area contributed by atoms with Crippen LogP contribution in [0, 0.1) is 0 Å². The summed E-state index contributed by atoms with van der Waals surface area (Å²) in [6.45, 7) is 0. The summed E-state index contributed by atoms with van der Waals surface area (Å²) in [6.07, 6.45) is -5.71. The first-order chi connectivity index (χ1) is 12.1. The summed E-state index contributed by atoms with van der Waals surface area (Å²) in [5, 5.41) is 5.11. The second kappa shape index (κ2) is 8.37. The van der Waals surface area contributed by atoms with Crippen molar-refractivity contribution in [3.63, 3.8) is 0 Å². The van der Waals surface area contributed by atoms with Crippen LogP contribution in [0.15, 0.2) is 54.6 Å². The summed E-state index contributed by atoms with van der Waals surface area (Å²) < 4.78 is 36.5. The van der Waals surface area contributed by atoms with Crippen LogP contribution in [0.25, 0.3) is 0 Å². The highest BCUT2D eigenvalue weighted by Crippen LogP contribution is 2.33. The Morgan fingerprint density at radius 3 is 2.23 bits per heavy atom. The van der Waals surface area contributed by atoms with Crippen molar-refractivity contribution in [2.75, 3.05) is 5.32 Å². The van der Waals surface area contributed by atoms with Crippen molar-refractivity contribution < 1.29 is 18.0 Å². The van der Waals surface area contributed by atoms with Crippen LogP contribution in [0.2, 0.25) is 0 Å². The fraction of sp³-hybridized carbons (Fsp3) is 0.235. The number of carbonyl (C=O) groups is 1. The van der Waals surface area contributed by atoms with E-state index in [1.807, 2.05) is 0 Å². The Hall–Kier alpha value is -1.63. The minimum atomic E-state index is -4.51. The van der Waals surface area contributed by atoms with E-state index in [4.69, 9.17) is 34.8 Å². The summed E-state index contributed by atoms with van der Waals surface area (Å²) in [5.74, 6) is -0.452. The SMILES string of the molecule is O=C(Cc1ccccc1)N[C@H](Nc1cccc(C(F)(F)F)c1)C(Cl)(Cl)Cl. The molecule has 0 saturated carbocycles. The van der Waals surface area contributed by atoms with Crippen LogP contribution in [0.5, 0.6) is 0 Å². The molecule has 0 aliphatic rings. The normalized spacial score (nSPS) is 13.2. The van der Waals surface area contributed by atoms with Gasteiger partial charge in [0, 0.05) is 5.69 Å². The van der Waals surface area contributed by atoms with Crippen molar-refractivity contribution in [3.05, 3.63) is 65.7 Å². The molecule has 9 heteroatoms. The van der Waals surface area contributed by atoms with Gasteiger partial charge in [-0.2, -0.15) is 13.2 Å². The largest absolute Gasteiger partial charge is 0.416 e. The standard InChI is InChI=1S/C17H14Cl3F3N2O/c18-16(19,20)15(25-14(26)9-11-5-2-1-3-6-11)24-13-8-4-7-12(10-13)17(21,22)23/h1-8,10,15,24H,9H2,(H,25,26)/t15-/m0/s1. The highest BCUT2D eigenvalue weighted by molar-refractivity contribution is 6.68. The van der Waals surface area contributed by atoms with E-state index in [0.29, 0.717) is 0 Å². The van der Waals surface area contributed by atoms with Crippen LogP contribution in [-0.2, 0) is 17.4 Å². The van der Waals surface area contributed by atoms with E-state index in [-0.39, 0.29) is 12.1 Å². The van der Waals surface area contributed by atoms with Gasteiger partial charge in [-0.15, -0.1) is 0 Å². The third-order valence-corrected chi connectivity index (χ3v) is 4.00. The van der Waals surface area contributed by atoms with E-state index in [0.717, 1.165) is 17.7 Å². The van der Waals surface area contributed by atoms with Gasteiger partial charge in [-0.25, -0.2) is 0 Å². The van der Waals surface area contributed by atoms with Crippen LogP contribution < -0.4 is 10.6 Å². The molecular weight excluding hydrogens is 412 g/mol. The Morgan fingerprint density at radius 1 is 1.00 bits per heavy atom. The van der Waals surface area contributed by atoms with Gasteiger partial charge in [0.05, 0.1) is 12.0 Å².